The van der Waals surface area contributed by atoms with Crippen molar-refractivity contribution < 1.29 is 9.59 Å². The molecule has 0 aliphatic carbocycles. The van der Waals surface area contributed by atoms with Gasteiger partial charge in [0.2, 0.25) is 5.91 Å². The zero-order valence-electron chi connectivity index (χ0n) is 14.5. The van der Waals surface area contributed by atoms with E-state index < -0.39 is 5.54 Å². The van der Waals surface area contributed by atoms with E-state index in [-0.39, 0.29) is 18.7 Å². The Bertz CT molecular complexity index is 748. The number of aldehydes is 1. The van der Waals surface area contributed by atoms with Crippen molar-refractivity contribution in [2.75, 3.05) is 0 Å². The molecule has 3 rings (SSSR count). The zero-order chi connectivity index (χ0) is 18.2. The molecule has 3 aromatic rings. The van der Waals surface area contributed by atoms with Crippen LogP contribution in [0.1, 0.15) is 29.5 Å². The SMILES string of the molecule is O=CCCC(=O)NC(c1ccccc1)(c1ccccc1)c1ccccc1. The summed E-state index contributed by atoms with van der Waals surface area (Å²) in [5, 5.41) is 3.22. The molecule has 3 heteroatoms. The van der Waals surface area contributed by atoms with Gasteiger partial charge < -0.3 is 10.1 Å². The van der Waals surface area contributed by atoms with Crippen molar-refractivity contribution in [2.45, 2.75) is 18.4 Å². The van der Waals surface area contributed by atoms with E-state index in [4.69, 9.17) is 0 Å². The molecule has 1 N–H and O–H groups in total. The summed E-state index contributed by atoms with van der Waals surface area (Å²) in [6, 6.07) is 29.7. The molecule has 0 spiro atoms. The summed E-state index contributed by atoms with van der Waals surface area (Å²) in [5.74, 6) is -0.159. The molecule has 0 fully saturated rings. The third-order valence-corrected chi connectivity index (χ3v) is 4.44. The van der Waals surface area contributed by atoms with E-state index in [1.807, 2.05) is 91.0 Å². The van der Waals surface area contributed by atoms with Crippen LogP contribution in [0.25, 0.3) is 0 Å². The molecule has 130 valence electrons. The van der Waals surface area contributed by atoms with Crippen LogP contribution in [-0.2, 0) is 15.1 Å². The average molecular weight is 343 g/mol. The monoisotopic (exact) mass is 343 g/mol. The lowest BCUT2D eigenvalue weighted by molar-refractivity contribution is -0.123. The van der Waals surface area contributed by atoms with Gasteiger partial charge in [-0.15, -0.1) is 0 Å². The van der Waals surface area contributed by atoms with Crippen molar-refractivity contribution in [1.29, 1.82) is 0 Å². The third kappa shape index (κ3) is 3.57. The van der Waals surface area contributed by atoms with E-state index >= 15 is 0 Å². The number of hydrogen-bond acceptors (Lipinski definition) is 2. The van der Waals surface area contributed by atoms with Gasteiger partial charge in [-0.3, -0.25) is 4.79 Å². The molecule has 3 aromatic carbocycles. The van der Waals surface area contributed by atoms with Gasteiger partial charge >= 0.3 is 0 Å². The van der Waals surface area contributed by atoms with Gasteiger partial charge in [0, 0.05) is 12.8 Å². The highest BCUT2D eigenvalue weighted by Gasteiger charge is 2.37. The van der Waals surface area contributed by atoms with Gasteiger partial charge in [0.05, 0.1) is 0 Å². The standard InChI is InChI=1S/C23H21NO2/c25-18-10-17-22(26)24-23(19-11-4-1-5-12-19,20-13-6-2-7-14-20)21-15-8-3-9-16-21/h1-9,11-16,18H,10,17H2,(H,24,26). The van der Waals surface area contributed by atoms with Gasteiger partial charge in [-0.2, -0.15) is 0 Å². The fourth-order valence-corrected chi connectivity index (χ4v) is 3.24. The molecular weight excluding hydrogens is 322 g/mol. The van der Waals surface area contributed by atoms with Crippen molar-refractivity contribution >= 4 is 12.2 Å². The predicted molar refractivity (Wildman–Crippen MR) is 103 cm³/mol. The lowest BCUT2D eigenvalue weighted by atomic mass is 9.77. The van der Waals surface area contributed by atoms with Crippen molar-refractivity contribution in [3.05, 3.63) is 108 Å². The van der Waals surface area contributed by atoms with Crippen LogP contribution in [0.5, 0.6) is 0 Å². The number of nitrogens with one attached hydrogen (secondary N) is 1. The Morgan fingerprint density at radius 1 is 0.731 bits per heavy atom. The molecule has 0 aromatic heterocycles. The van der Waals surface area contributed by atoms with Crippen LogP contribution < -0.4 is 5.32 Å². The van der Waals surface area contributed by atoms with E-state index in [1.165, 1.54) is 0 Å². The van der Waals surface area contributed by atoms with Gasteiger partial charge in [0.1, 0.15) is 11.8 Å². The van der Waals surface area contributed by atoms with Gasteiger partial charge in [0.25, 0.3) is 0 Å². The summed E-state index contributed by atoms with van der Waals surface area (Å²) in [4.78, 5) is 23.4. The van der Waals surface area contributed by atoms with Gasteiger partial charge in [-0.05, 0) is 16.7 Å². The molecule has 0 aliphatic heterocycles. The second-order valence-electron chi connectivity index (χ2n) is 6.10. The number of rotatable bonds is 7. The summed E-state index contributed by atoms with van der Waals surface area (Å²) in [5.41, 5.74) is 2.09. The van der Waals surface area contributed by atoms with E-state index in [2.05, 4.69) is 5.32 Å². The Morgan fingerprint density at radius 2 is 1.12 bits per heavy atom. The van der Waals surface area contributed by atoms with Crippen molar-refractivity contribution in [3.63, 3.8) is 0 Å². The summed E-state index contributed by atoms with van der Waals surface area (Å²) in [6.07, 6.45) is 1.15. The van der Waals surface area contributed by atoms with E-state index in [9.17, 15) is 9.59 Å². The number of benzene rings is 3. The van der Waals surface area contributed by atoms with Crippen LogP contribution >= 0.6 is 0 Å². The summed E-state index contributed by atoms with van der Waals surface area (Å²) in [7, 11) is 0. The topological polar surface area (TPSA) is 46.2 Å². The van der Waals surface area contributed by atoms with E-state index in [0.717, 1.165) is 23.0 Å². The first-order valence-corrected chi connectivity index (χ1v) is 8.68. The van der Waals surface area contributed by atoms with Crippen molar-refractivity contribution in [2.24, 2.45) is 0 Å². The van der Waals surface area contributed by atoms with Crippen molar-refractivity contribution in [1.82, 2.24) is 5.32 Å². The Hall–Kier alpha value is -3.20. The molecule has 1 amide bonds. The minimum atomic E-state index is -0.816. The van der Waals surface area contributed by atoms with Crippen LogP contribution in [0.2, 0.25) is 0 Å². The molecule has 0 radical (unpaired) electrons. The molecular formula is C23H21NO2. The van der Waals surface area contributed by atoms with Crippen LogP contribution in [0, 0.1) is 0 Å². The normalized spacial score (nSPS) is 10.9. The summed E-state index contributed by atoms with van der Waals surface area (Å²) < 4.78 is 0. The highest BCUT2D eigenvalue weighted by molar-refractivity contribution is 5.80. The molecule has 0 heterocycles. The maximum Gasteiger partial charge on any atom is 0.221 e. The molecule has 0 bridgehead atoms. The van der Waals surface area contributed by atoms with Crippen molar-refractivity contribution in [3.8, 4) is 0 Å². The third-order valence-electron chi connectivity index (χ3n) is 4.44. The van der Waals surface area contributed by atoms with Crippen LogP contribution in [0.3, 0.4) is 0 Å². The molecule has 0 saturated carbocycles. The quantitative estimate of drug-likeness (QED) is 0.519. The lowest BCUT2D eigenvalue weighted by Gasteiger charge is -2.37. The van der Waals surface area contributed by atoms with Crippen LogP contribution in [0.15, 0.2) is 91.0 Å². The first-order chi connectivity index (χ1) is 12.8. The second-order valence-corrected chi connectivity index (χ2v) is 6.10. The van der Waals surface area contributed by atoms with E-state index in [0.29, 0.717) is 0 Å². The largest absolute Gasteiger partial charge is 0.338 e. The highest BCUT2D eigenvalue weighted by atomic mass is 16.2. The number of amides is 1. The lowest BCUT2D eigenvalue weighted by Crippen LogP contribution is -2.47. The summed E-state index contributed by atoms with van der Waals surface area (Å²) in [6.45, 7) is 0. The minimum absolute atomic E-state index is 0.159. The number of carbonyl (C=O) groups is 2. The summed E-state index contributed by atoms with van der Waals surface area (Å²) >= 11 is 0. The number of carbonyl (C=O) groups excluding carboxylic acids is 2. The molecule has 26 heavy (non-hydrogen) atoms. The molecule has 0 atom stereocenters. The Morgan fingerprint density at radius 3 is 1.46 bits per heavy atom. The second kappa shape index (κ2) is 8.26. The van der Waals surface area contributed by atoms with Gasteiger partial charge in [-0.1, -0.05) is 91.0 Å². The van der Waals surface area contributed by atoms with Gasteiger partial charge in [-0.25, -0.2) is 0 Å². The molecule has 3 nitrogen and oxygen atoms in total. The smallest absolute Gasteiger partial charge is 0.221 e. The Balaban J connectivity index is 2.21. The average Bonchev–Trinajstić information content (AvgIpc) is 2.72. The maximum atomic E-state index is 12.7. The molecule has 0 saturated heterocycles. The number of hydrogen-bond donors (Lipinski definition) is 1. The first-order valence-electron chi connectivity index (χ1n) is 8.68. The maximum absolute atomic E-state index is 12.7. The Labute approximate surface area is 153 Å². The molecule has 0 unspecified atom stereocenters. The van der Waals surface area contributed by atoms with E-state index in [1.54, 1.807) is 0 Å². The van der Waals surface area contributed by atoms with Gasteiger partial charge in [0.15, 0.2) is 0 Å². The minimum Gasteiger partial charge on any atom is -0.338 e. The fourth-order valence-electron chi connectivity index (χ4n) is 3.24. The van der Waals surface area contributed by atoms with Crippen LogP contribution in [0.4, 0.5) is 0 Å². The molecule has 0 aliphatic rings. The predicted octanol–water partition coefficient (Wildman–Crippen LogP) is 4.07. The first kappa shape index (κ1) is 17.6. The highest BCUT2D eigenvalue weighted by Crippen LogP contribution is 2.36. The van der Waals surface area contributed by atoms with Crippen LogP contribution in [-0.4, -0.2) is 12.2 Å². The fraction of sp³-hybridized carbons (Fsp3) is 0.130. The zero-order valence-corrected chi connectivity index (χ0v) is 14.5. The Kier molecular flexibility index (Phi) is 5.59.